The van der Waals surface area contributed by atoms with Gasteiger partial charge in [0.05, 0.1) is 6.33 Å². The fourth-order valence-corrected chi connectivity index (χ4v) is 3.77. The van der Waals surface area contributed by atoms with Gasteiger partial charge in [-0.25, -0.2) is 14.2 Å². The minimum absolute atomic E-state index is 0.0251. The number of aromatic nitrogens is 2. The molecule has 0 atom stereocenters. The number of halogens is 1. The number of benzene rings is 2. The zero-order valence-corrected chi connectivity index (χ0v) is 17.7. The van der Waals surface area contributed by atoms with Crippen LogP contribution in [0, 0.1) is 11.7 Å². The van der Waals surface area contributed by atoms with Crippen LogP contribution in [0.2, 0.25) is 0 Å². The molecule has 0 spiro atoms. The normalized spacial score (nSPS) is 14.2. The summed E-state index contributed by atoms with van der Waals surface area (Å²) in [4.78, 5) is 30.8. The molecule has 2 N–H and O–H groups in total. The molecule has 4 rings (SSSR count). The fourth-order valence-electron chi connectivity index (χ4n) is 3.77. The molecule has 1 saturated heterocycles. The molecule has 3 aromatic rings. The van der Waals surface area contributed by atoms with E-state index < -0.39 is 0 Å². The van der Waals surface area contributed by atoms with E-state index in [9.17, 15) is 14.0 Å². The second-order valence-electron chi connectivity index (χ2n) is 7.97. The number of anilines is 1. The summed E-state index contributed by atoms with van der Waals surface area (Å²) in [7, 11) is 0. The molecule has 8 heteroatoms. The van der Waals surface area contributed by atoms with Crippen molar-refractivity contribution in [3.05, 3.63) is 84.2 Å². The molecule has 2 aromatic carbocycles. The first-order chi connectivity index (χ1) is 15.6. The molecule has 0 bridgehead atoms. The summed E-state index contributed by atoms with van der Waals surface area (Å²) in [6.07, 6.45) is 6.65. The van der Waals surface area contributed by atoms with Crippen molar-refractivity contribution in [3.63, 3.8) is 0 Å². The molecule has 1 aliphatic rings. The van der Waals surface area contributed by atoms with Gasteiger partial charge in [0, 0.05) is 50.2 Å². The maximum atomic E-state index is 13.0. The number of piperidine rings is 1. The number of carbonyl (C=O) groups excluding carboxylic acids is 2. The number of urea groups is 1. The van der Waals surface area contributed by atoms with Crippen LogP contribution in [0.3, 0.4) is 0 Å². The molecule has 1 aliphatic heterocycles. The van der Waals surface area contributed by atoms with Crippen LogP contribution in [0.15, 0.2) is 67.3 Å². The van der Waals surface area contributed by atoms with Gasteiger partial charge in [0.1, 0.15) is 5.82 Å². The van der Waals surface area contributed by atoms with E-state index in [2.05, 4.69) is 15.6 Å². The number of amides is 3. The van der Waals surface area contributed by atoms with Crippen molar-refractivity contribution in [2.75, 3.05) is 18.4 Å². The molecule has 2 heterocycles. The summed E-state index contributed by atoms with van der Waals surface area (Å²) in [5.74, 6) is -0.444. The second kappa shape index (κ2) is 10.1. The average Bonchev–Trinajstić information content (AvgIpc) is 3.33. The van der Waals surface area contributed by atoms with Crippen molar-refractivity contribution < 1.29 is 14.0 Å². The summed E-state index contributed by atoms with van der Waals surface area (Å²) in [5.41, 5.74) is 2.71. The van der Waals surface area contributed by atoms with Gasteiger partial charge in [-0.1, -0.05) is 24.3 Å². The first-order valence-corrected chi connectivity index (χ1v) is 10.7. The molecule has 0 saturated carbocycles. The van der Waals surface area contributed by atoms with Crippen LogP contribution in [-0.4, -0.2) is 39.5 Å². The van der Waals surface area contributed by atoms with Gasteiger partial charge in [0.15, 0.2) is 0 Å². The van der Waals surface area contributed by atoms with Crippen molar-refractivity contribution in [2.24, 2.45) is 5.92 Å². The number of carbonyl (C=O) groups is 2. The first-order valence-electron chi connectivity index (χ1n) is 10.7. The van der Waals surface area contributed by atoms with Crippen LogP contribution in [-0.2, 0) is 17.9 Å². The second-order valence-corrected chi connectivity index (χ2v) is 7.97. The number of likely N-dealkylation sites (tertiary alicyclic amines) is 1. The Morgan fingerprint density at radius 2 is 1.69 bits per heavy atom. The summed E-state index contributed by atoms with van der Waals surface area (Å²) < 4.78 is 15.0. The summed E-state index contributed by atoms with van der Waals surface area (Å²) in [5, 5.41) is 5.84. The van der Waals surface area contributed by atoms with Gasteiger partial charge in [0.2, 0.25) is 5.91 Å². The zero-order chi connectivity index (χ0) is 22.3. The minimum Gasteiger partial charge on any atom is -0.352 e. The van der Waals surface area contributed by atoms with Gasteiger partial charge >= 0.3 is 6.03 Å². The van der Waals surface area contributed by atoms with E-state index in [1.807, 2.05) is 35.0 Å². The van der Waals surface area contributed by atoms with E-state index >= 15 is 0 Å². The van der Waals surface area contributed by atoms with Crippen LogP contribution in [0.5, 0.6) is 0 Å². The third kappa shape index (κ3) is 5.72. The first kappa shape index (κ1) is 21.5. The fraction of sp³-hybridized carbons (Fsp3) is 0.292. The Kier molecular flexibility index (Phi) is 6.79. The van der Waals surface area contributed by atoms with Gasteiger partial charge in [-0.3, -0.25) is 4.79 Å². The zero-order valence-electron chi connectivity index (χ0n) is 17.7. The number of rotatable bonds is 6. The van der Waals surface area contributed by atoms with E-state index in [1.54, 1.807) is 29.6 Å². The standard InChI is InChI=1S/C24H26FN5O2/c25-21-5-1-18(2-6-21)15-27-23(31)20-9-12-30(13-10-20)24(32)28-22-7-3-19(4-8-22)16-29-14-11-26-17-29/h1-8,11,14,17,20H,9-10,12-13,15-16H2,(H,27,31)(H,28,32). The number of imidazole rings is 1. The largest absolute Gasteiger partial charge is 0.352 e. The van der Waals surface area contributed by atoms with E-state index in [1.165, 1.54) is 12.1 Å². The average molecular weight is 436 g/mol. The van der Waals surface area contributed by atoms with E-state index in [0.717, 1.165) is 23.4 Å². The topological polar surface area (TPSA) is 79.3 Å². The van der Waals surface area contributed by atoms with Crippen molar-refractivity contribution >= 4 is 17.6 Å². The SMILES string of the molecule is O=C(NCc1ccc(F)cc1)C1CCN(C(=O)Nc2ccc(Cn3ccnc3)cc2)CC1. The maximum absolute atomic E-state index is 13.0. The molecule has 1 fully saturated rings. The summed E-state index contributed by atoms with van der Waals surface area (Å²) >= 11 is 0. The van der Waals surface area contributed by atoms with Gasteiger partial charge in [-0.05, 0) is 48.2 Å². The lowest BCUT2D eigenvalue weighted by Crippen LogP contribution is -2.44. The Balaban J connectivity index is 1.21. The van der Waals surface area contributed by atoms with Gasteiger partial charge in [-0.2, -0.15) is 0 Å². The van der Waals surface area contributed by atoms with E-state index in [4.69, 9.17) is 0 Å². The Morgan fingerprint density at radius 1 is 1.00 bits per heavy atom. The van der Waals surface area contributed by atoms with Crippen LogP contribution in [0.25, 0.3) is 0 Å². The van der Waals surface area contributed by atoms with Crippen molar-refractivity contribution in [1.29, 1.82) is 0 Å². The predicted molar refractivity (Wildman–Crippen MR) is 119 cm³/mol. The van der Waals surface area contributed by atoms with Crippen LogP contribution < -0.4 is 10.6 Å². The highest BCUT2D eigenvalue weighted by atomic mass is 19.1. The Labute approximate surface area is 186 Å². The smallest absolute Gasteiger partial charge is 0.321 e. The quantitative estimate of drug-likeness (QED) is 0.621. The lowest BCUT2D eigenvalue weighted by molar-refractivity contribution is -0.126. The van der Waals surface area contributed by atoms with Crippen LogP contribution >= 0.6 is 0 Å². The molecular formula is C24H26FN5O2. The summed E-state index contributed by atoms with van der Waals surface area (Å²) in [6.45, 7) is 2.15. The van der Waals surface area contributed by atoms with Crippen LogP contribution in [0.1, 0.15) is 24.0 Å². The molecular weight excluding hydrogens is 409 g/mol. The third-order valence-corrected chi connectivity index (χ3v) is 5.66. The Hall–Kier alpha value is -3.68. The van der Waals surface area contributed by atoms with E-state index in [-0.39, 0.29) is 23.7 Å². The minimum atomic E-state index is -0.295. The van der Waals surface area contributed by atoms with Crippen molar-refractivity contribution in [3.8, 4) is 0 Å². The van der Waals surface area contributed by atoms with Gasteiger partial charge < -0.3 is 20.1 Å². The molecule has 166 valence electrons. The molecule has 7 nitrogen and oxygen atoms in total. The molecule has 1 aromatic heterocycles. The highest BCUT2D eigenvalue weighted by Gasteiger charge is 2.27. The molecule has 3 amide bonds. The van der Waals surface area contributed by atoms with Crippen molar-refractivity contribution in [2.45, 2.75) is 25.9 Å². The molecule has 0 aliphatic carbocycles. The highest BCUT2D eigenvalue weighted by Crippen LogP contribution is 2.19. The molecule has 32 heavy (non-hydrogen) atoms. The van der Waals surface area contributed by atoms with Crippen molar-refractivity contribution in [1.82, 2.24) is 19.8 Å². The number of hydrogen-bond acceptors (Lipinski definition) is 3. The van der Waals surface area contributed by atoms with Crippen LogP contribution in [0.4, 0.5) is 14.9 Å². The highest BCUT2D eigenvalue weighted by molar-refractivity contribution is 5.89. The number of nitrogens with zero attached hydrogens (tertiary/aromatic N) is 3. The third-order valence-electron chi connectivity index (χ3n) is 5.66. The predicted octanol–water partition coefficient (Wildman–Crippen LogP) is 3.63. The maximum Gasteiger partial charge on any atom is 0.321 e. The molecule has 0 radical (unpaired) electrons. The Bertz CT molecular complexity index is 1030. The van der Waals surface area contributed by atoms with E-state index in [0.29, 0.717) is 32.5 Å². The molecule has 0 unspecified atom stereocenters. The summed E-state index contributed by atoms with van der Waals surface area (Å²) in [6, 6.07) is 13.7. The van der Waals surface area contributed by atoms with Gasteiger partial charge in [-0.15, -0.1) is 0 Å². The number of nitrogens with one attached hydrogen (secondary N) is 2. The monoisotopic (exact) mass is 435 g/mol. The van der Waals surface area contributed by atoms with Gasteiger partial charge in [0.25, 0.3) is 0 Å². The Morgan fingerprint density at radius 3 is 2.34 bits per heavy atom. The number of hydrogen-bond donors (Lipinski definition) is 2. The lowest BCUT2D eigenvalue weighted by atomic mass is 9.96. The lowest BCUT2D eigenvalue weighted by Gasteiger charge is -2.31.